The van der Waals surface area contributed by atoms with E-state index in [1.165, 1.54) is 0 Å². The van der Waals surface area contributed by atoms with Gasteiger partial charge in [-0.05, 0) is 0 Å². The maximum absolute atomic E-state index is 4.00. The quantitative estimate of drug-likeness (QED) is 0.307. The number of thiol groups is 1. The Morgan fingerprint density at radius 3 is 1.80 bits per heavy atom. The molecular weight excluding hydrogens is 215 g/mol. The van der Waals surface area contributed by atoms with Gasteiger partial charge in [0.05, 0.1) is 0 Å². The van der Waals surface area contributed by atoms with Crippen molar-refractivity contribution in [2.24, 2.45) is 0 Å². The topological polar surface area (TPSA) is 0 Å². The Bertz CT molecular complexity index is 21.6. The van der Waals surface area contributed by atoms with Crippen LogP contribution in [0, 0.1) is 0 Å². The molecule has 3 heteroatoms. The summed E-state index contributed by atoms with van der Waals surface area (Å²) < 4.78 is 0. The van der Waals surface area contributed by atoms with Crippen LogP contribution in [0.1, 0.15) is 0 Å². The van der Waals surface area contributed by atoms with E-state index >= 15 is 0 Å². The van der Waals surface area contributed by atoms with Gasteiger partial charge >= 0.3 is 47.9 Å². The van der Waals surface area contributed by atoms with E-state index in [2.05, 4.69) is 21.5 Å². The molecule has 0 saturated carbocycles. The van der Waals surface area contributed by atoms with Gasteiger partial charge in [-0.3, -0.25) is 0 Å². The summed E-state index contributed by atoms with van der Waals surface area (Å²) >= 11 is 3.50. The van der Waals surface area contributed by atoms with Crippen molar-refractivity contribution in [3.8, 4) is 0 Å². The number of hydrogen-bond acceptors (Lipinski definition) is 2. The van der Waals surface area contributed by atoms with Gasteiger partial charge in [0, 0.05) is 0 Å². The molecule has 0 N–H and O–H groups in total. The van der Waals surface area contributed by atoms with Gasteiger partial charge in [0.25, 0.3) is 0 Å². The summed E-state index contributed by atoms with van der Waals surface area (Å²) in [5.41, 5.74) is 0. The minimum atomic E-state index is -0.501. The summed E-state index contributed by atoms with van der Waals surface area (Å²) in [5.74, 6) is 0. The minimum absolute atomic E-state index is 0.501. The van der Waals surface area contributed by atoms with E-state index in [1.807, 2.05) is 0 Å². The zero-order chi connectivity index (χ0) is 4.28. The van der Waals surface area contributed by atoms with Gasteiger partial charge in [-0.2, -0.15) is 0 Å². The molecule has 34 valence electrons. The molecule has 5 heavy (non-hydrogen) atoms. The number of hydrogen-bond donors (Lipinski definition) is 1. The van der Waals surface area contributed by atoms with Crippen molar-refractivity contribution in [1.29, 1.82) is 0 Å². The summed E-state index contributed by atoms with van der Waals surface area (Å²) in [4.78, 5) is 4.53. The van der Waals surface area contributed by atoms with E-state index in [9.17, 15) is 0 Å². The van der Waals surface area contributed by atoms with Crippen LogP contribution in [0.15, 0.2) is 0 Å². The average Bonchev–Trinajstić information content (AvgIpc) is 1.38. The fourth-order valence-corrected chi connectivity index (χ4v) is 0. The van der Waals surface area contributed by atoms with Crippen molar-refractivity contribution in [2.45, 2.75) is 0 Å². The predicted molar refractivity (Wildman–Crippen MR) is 42.4 cm³/mol. The van der Waals surface area contributed by atoms with Gasteiger partial charge in [-0.25, -0.2) is 0 Å². The van der Waals surface area contributed by atoms with Gasteiger partial charge in [-0.1, -0.05) is 0 Å². The van der Waals surface area contributed by atoms with Crippen LogP contribution in [-0.4, -0.2) is 9.86 Å². The van der Waals surface area contributed by atoms with Crippen LogP contribution < -0.4 is 0 Å². The Kier molecular flexibility index (Phi) is 4.65. The zero-order valence-corrected chi connectivity index (χ0v) is 7.10. The third-order valence-corrected chi connectivity index (χ3v) is 8.33. The number of alkyl halides is 2. The fraction of sp³-hybridized carbons (Fsp3) is 1.00. The van der Waals surface area contributed by atoms with Gasteiger partial charge in [0.1, 0.15) is 0 Å². The van der Waals surface area contributed by atoms with Crippen molar-refractivity contribution >= 4 is 38.1 Å². The van der Waals surface area contributed by atoms with Crippen LogP contribution in [0.4, 0.5) is 0 Å². The second-order valence-electron chi connectivity index (χ2n) is 0.756. The summed E-state index contributed by atoms with van der Waals surface area (Å²) in [7, 11) is 1.73. The van der Waals surface area contributed by atoms with Gasteiger partial charge in [0.15, 0.2) is 0 Å². The zero-order valence-electron chi connectivity index (χ0n) is 3.23. The van der Waals surface area contributed by atoms with Crippen molar-refractivity contribution in [2.75, 3.05) is 9.86 Å². The molecule has 0 rings (SSSR count). The Hall–Kier alpha value is 1.43. The monoisotopic (exact) mass is 222 g/mol. The summed E-state index contributed by atoms with van der Waals surface area (Å²) in [5, 5.41) is 0. The standard InChI is InChI=1S/C2H7IS2/c1-3(2)5-4/h4H,1-2H3. The molecule has 0 aliphatic rings. The summed E-state index contributed by atoms with van der Waals surface area (Å²) in [6.45, 7) is 0. The molecule has 0 aromatic carbocycles. The SMILES string of the molecule is CI(C)SS. The molecule has 0 atom stereocenters. The number of halogens is 1. The van der Waals surface area contributed by atoms with E-state index < -0.39 is 18.4 Å². The van der Waals surface area contributed by atoms with Crippen LogP contribution in [-0.2, 0) is 0 Å². The molecule has 0 unspecified atom stereocenters. The normalized spacial score (nSPS) is 11.4. The van der Waals surface area contributed by atoms with Gasteiger partial charge in [-0.15, -0.1) is 0 Å². The summed E-state index contributed by atoms with van der Waals surface area (Å²) in [6.07, 6.45) is 0. The second-order valence-corrected chi connectivity index (χ2v) is 12.9. The first-order valence-corrected chi connectivity index (χ1v) is 9.82. The third kappa shape index (κ3) is 5.43. The third-order valence-electron chi connectivity index (χ3n) is 0.138. The molecule has 0 amide bonds. The van der Waals surface area contributed by atoms with Crippen LogP contribution >= 0.6 is 38.1 Å². The van der Waals surface area contributed by atoms with Gasteiger partial charge in [0.2, 0.25) is 0 Å². The average molecular weight is 222 g/mol. The van der Waals surface area contributed by atoms with E-state index in [1.54, 1.807) is 7.97 Å². The Labute approximate surface area is 47.7 Å². The van der Waals surface area contributed by atoms with Crippen molar-refractivity contribution < 1.29 is 0 Å². The molecule has 0 fully saturated rings. The van der Waals surface area contributed by atoms with Crippen LogP contribution in [0.2, 0.25) is 0 Å². The molecule has 0 spiro atoms. The number of rotatable bonds is 1. The Balaban J connectivity index is 2.54. The van der Waals surface area contributed by atoms with E-state index in [0.29, 0.717) is 0 Å². The second kappa shape index (κ2) is 3.61. The molecule has 0 saturated heterocycles. The van der Waals surface area contributed by atoms with Crippen LogP contribution in [0.5, 0.6) is 0 Å². The Morgan fingerprint density at radius 2 is 1.80 bits per heavy atom. The first-order valence-electron chi connectivity index (χ1n) is 1.09. The van der Waals surface area contributed by atoms with E-state index in [4.69, 9.17) is 0 Å². The van der Waals surface area contributed by atoms with Gasteiger partial charge < -0.3 is 0 Å². The van der Waals surface area contributed by atoms with Crippen molar-refractivity contribution in [3.63, 3.8) is 0 Å². The fourth-order valence-electron chi connectivity index (χ4n) is 0. The van der Waals surface area contributed by atoms with Crippen molar-refractivity contribution in [3.05, 3.63) is 0 Å². The Morgan fingerprint density at radius 1 is 1.60 bits per heavy atom. The molecule has 0 nitrogen and oxygen atoms in total. The van der Waals surface area contributed by atoms with Crippen molar-refractivity contribution in [1.82, 2.24) is 0 Å². The molecule has 0 aliphatic carbocycles. The van der Waals surface area contributed by atoms with E-state index in [0.717, 1.165) is 0 Å². The molecule has 0 aromatic rings. The van der Waals surface area contributed by atoms with Crippen LogP contribution in [0.3, 0.4) is 0 Å². The molecule has 0 bridgehead atoms. The predicted octanol–water partition coefficient (Wildman–Crippen LogP) is 2.25. The molecule has 0 heterocycles. The first kappa shape index (κ1) is 6.43. The maximum atomic E-state index is 4.00. The van der Waals surface area contributed by atoms with E-state index in [-0.39, 0.29) is 0 Å². The molecule has 0 radical (unpaired) electrons. The molecular formula is C2H7IS2. The first-order chi connectivity index (χ1) is 2.27. The van der Waals surface area contributed by atoms with Crippen LogP contribution in [0.25, 0.3) is 0 Å². The summed E-state index contributed by atoms with van der Waals surface area (Å²) in [6, 6.07) is 0. The molecule has 0 aromatic heterocycles. The molecule has 0 aliphatic heterocycles.